The first-order chi connectivity index (χ1) is 5.27. The molecule has 0 aliphatic heterocycles. The molecule has 0 saturated carbocycles. The average Bonchev–Trinajstić information content (AvgIpc) is 1.85. The fourth-order valence-corrected chi connectivity index (χ4v) is 0.548. The normalized spacial score (nSPS) is 15.0. The molecule has 12 heavy (non-hydrogen) atoms. The molecule has 0 heterocycles. The van der Waals surface area contributed by atoms with Gasteiger partial charge in [-0.1, -0.05) is 0 Å². The number of carboxylic acid groups (broad SMARTS) is 1. The number of rotatable bonds is 3. The Kier molecular flexibility index (Phi) is 3.21. The molecular weight excluding hydrogens is 160 g/mol. The van der Waals surface area contributed by atoms with Gasteiger partial charge in [-0.2, -0.15) is 0 Å². The van der Waals surface area contributed by atoms with Crippen molar-refractivity contribution in [3.8, 4) is 0 Å². The van der Waals surface area contributed by atoms with Crippen LogP contribution in [-0.2, 0) is 9.59 Å². The molecule has 0 spiro atoms. The molecule has 0 aromatic heterocycles. The van der Waals surface area contributed by atoms with Crippen molar-refractivity contribution in [2.24, 2.45) is 5.73 Å². The lowest BCUT2D eigenvalue weighted by molar-refractivity contribution is -0.146. The van der Waals surface area contributed by atoms with Gasteiger partial charge in [-0.25, -0.2) is 0 Å². The summed E-state index contributed by atoms with van der Waals surface area (Å²) in [6.45, 7) is 1.32. The summed E-state index contributed by atoms with van der Waals surface area (Å²) < 4.78 is 0. The number of nitrogens with two attached hydrogens (primary N) is 1. The Hall–Kier alpha value is -1.10. The average molecular weight is 174 g/mol. The number of hydrogen-bond donors (Lipinski definition) is 2. The van der Waals surface area contributed by atoms with Crippen molar-refractivity contribution in [2.75, 3.05) is 14.1 Å². The summed E-state index contributed by atoms with van der Waals surface area (Å²) in [7, 11) is 3.11. The fourth-order valence-electron chi connectivity index (χ4n) is 0.548. The number of aliphatic carboxylic acids is 1. The van der Waals surface area contributed by atoms with E-state index in [1.165, 1.54) is 11.8 Å². The number of amides is 1. The first-order valence-corrected chi connectivity index (χ1v) is 3.50. The highest BCUT2D eigenvalue weighted by Crippen LogP contribution is 2.06. The molecule has 70 valence electrons. The van der Waals surface area contributed by atoms with E-state index in [-0.39, 0.29) is 12.3 Å². The van der Waals surface area contributed by atoms with Gasteiger partial charge in [0, 0.05) is 14.1 Å². The molecule has 0 fully saturated rings. The van der Waals surface area contributed by atoms with Crippen molar-refractivity contribution < 1.29 is 14.7 Å². The molecule has 0 saturated heterocycles. The van der Waals surface area contributed by atoms with Crippen LogP contribution in [0.1, 0.15) is 13.3 Å². The largest absolute Gasteiger partial charge is 0.480 e. The fraction of sp³-hybridized carbons (Fsp3) is 0.714. The third-order valence-corrected chi connectivity index (χ3v) is 1.51. The Morgan fingerprint density at radius 1 is 1.50 bits per heavy atom. The minimum absolute atomic E-state index is 0.185. The van der Waals surface area contributed by atoms with Crippen LogP contribution in [0.25, 0.3) is 0 Å². The van der Waals surface area contributed by atoms with Gasteiger partial charge in [-0.3, -0.25) is 9.59 Å². The zero-order valence-corrected chi connectivity index (χ0v) is 7.50. The van der Waals surface area contributed by atoms with Crippen LogP contribution in [0.5, 0.6) is 0 Å². The van der Waals surface area contributed by atoms with Gasteiger partial charge >= 0.3 is 5.97 Å². The number of hydrogen-bond acceptors (Lipinski definition) is 3. The van der Waals surface area contributed by atoms with Gasteiger partial charge in [0.05, 0.1) is 6.42 Å². The van der Waals surface area contributed by atoms with Crippen LogP contribution in [-0.4, -0.2) is 41.5 Å². The van der Waals surface area contributed by atoms with Crippen molar-refractivity contribution >= 4 is 11.9 Å². The van der Waals surface area contributed by atoms with Crippen molar-refractivity contribution in [3.05, 3.63) is 0 Å². The zero-order chi connectivity index (χ0) is 9.94. The quantitative estimate of drug-likeness (QED) is 0.590. The third-order valence-electron chi connectivity index (χ3n) is 1.51. The highest BCUT2D eigenvalue weighted by molar-refractivity contribution is 5.87. The first-order valence-electron chi connectivity index (χ1n) is 3.50. The molecule has 0 aromatic carbocycles. The van der Waals surface area contributed by atoms with Gasteiger partial charge in [0.25, 0.3) is 0 Å². The molecule has 1 amide bonds. The SMILES string of the molecule is CN(C)C(=O)CC(C)(N)C(=O)O. The molecule has 0 aromatic rings. The van der Waals surface area contributed by atoms with Crippen LogP contribution >= 0.6 is 0 Å². The second-order valence-corrected chi connectivity index (χ2v) is 3.19. The molecule has 1 unspecified atom stereocenters. The lowest BCUT2D eigenvalue weighted by Gasteiger charge is -2.20. The Morgan fingerprint density at radius 2 is 1.92 bits per heavy atom. The standard InChI is InChI=1S/C7H14N2O3/c1-7(8,6(11)12)4-5(10)9(2)3/h4,8H2,1-3H3,(H,11,12). The van der Waals surface area contributed by atoms with E-state index in [1.807, 2.05) is 0 Å². The van der Waals surface area contributed by atoms with Gasteiger partial charge in [0.15, 0.2) is 0 Å². The predicted molar refractivity (Wildman–Crippen MR) is 43.5 cm³/mol. The minimum Gasteiger partial charge on any atom is -0.480 e. The third kappa shape index (κ3) is 2.87. The zero-order valence-electron chi connectivity index (χ0n) is 7.50. The van der Waals surface area contributed by atoms with Crippen molar-refractivity contribution in [1.29, 1.82) is 0 Å². The van der Waals surface area contributed by atoms with Crippen LogP contribution in [0.4, 0.5) is 0 Å². The number of nitrogens with zero attached hydrogens (tertiary/aromatic N) is 1. The van der Waals surface area contributed by atoms with Gasteiger partial charge in [0.2, 0.25) is 5.91 Å². The van der Waals surface area contributed by atoms with E-state index in [1.54, 1.807) is 14.1 Å². The van der Waals surface area contributed by atoms with Crippen molar-refractivity contribution in [2.45, 2.75) is 18.9 Å². The smallest absolute Gasteiger partial charge is 0.323 e. The van der Waals surface area contributed by atoms with Crippen molar-refractivity contribution in [3.63, 3.8) is 0 Å². The first kappa shape index (κ1) is 10.9. The molecule has 5 nitrogen and oxygen atoms in total. The van der Waals surface area contributed by atoms with Gasteiger partial charge in [-0.05, 0) is 6.92 Å². The molecule has 0 radical (unpaired) electrons. The highest BCUT2D eigenvalue weighted by Gasteiger charge is 2.31. The summed E-state index contributed by atoms with van der Waals surface area (Å²) in [5.74, 6) is -1.46. The Morgan fingerprint density at radius 3 is 2.17 bits per heavy atom. The maximum Gasteiger partial charge on any atom is 0.323 e. The van der Waals surface area contributed by atoms with Crippen molar-refractivity contribution in [1.82, 2.24) is 4.90 Å². The van der Waals surface area contributed by atoms with E-state index in [9.17, 15) is 9.59 Å². The summed E-state index contributed by atoms with van der Waals surface area (Å²) in [5.41, 5.74) is 3.88. The maximum atomic E-state index is 11.0. The molecular formula is C7H14N2O3. The molecule has 0 bridgehead atoms. The molecule has 0 aliphatic carbocycles. The Labute approximate surface area is 71.1 Å². The van der Waals surface area contributed by atoms with Crippen LogP contribution in [0.15, 0.2) is 0 Å². The molecule has 1 atom stereocenters. The van der Waals surface area contributed by atoms with Crippen LogP contribution in [0, 0.1) is 0 Å². The molecule has 0 rings (SSSR count). The Bertz CT molecular complexity index is 199. The van der Waals surface area contributed by atoms with Crippen LogP contribution in [0.3, 0.4) is 0 Å². The number of carboxylic acids is 1. The highest BCUT2D eigenvalue weighted by atomic mass is 16.4. The summed E-state index contributed by atoms with van der Waals surface area (Å²) in [6, 6.07) is 0. The molecule has 0 aliphatic rings. The lowest BCUT2D eigenvalue weighted by atomic mass is 9.99. The van der Waals surface area contributed by atoms with E-state index in [0.717, 1.165) is 0 Å². The van der Waals surface area contributed by atoms with E-state index >= 15 is 0 Å². The maximum absolute atomic E-state index is 11.0. The number of carbonyl (C=O) groups is 2. The summed E-state index contributed by atoms with van der Waals surface area (Å²) in [5, 5.41) is 8.58. The van der Waals surface area contributed by atoms with E-state index in [2.05, 4.69) is 0 Å². The van der Waals surface area contributed by atoms with Crippen LogP contribution < -0.4 is 5.73 Å². The monoisotopic (exact) mass is 174 g/mol. The minimum atomic E-state index is -1.47. The predicted octanol–water partition coefficient (Wildman–Crippen LogP) is -0.733. The van der Waals surface area contributed by atoms with E-state index in [4.69, 9.17) is 10.8 Å². The molecule has 3 N–H and O–H groups in total. The second-order valence-electron chi connectivity index (χ2n) is 3.19. The lowest BCUT2D eigenvalue weighted by Crippen LogP contribution is -2.48. The topological polar surface area (TPSA) is 83.6 Å². The summed E-state index contributed by atoms with van der Waals surface area (Å²) >= 11 is 0. The van der Waals surface area contributed by atoms with E-state index in [0.29, 0.717) is 0 Å². The molecule has 5 heteroatoms. The van der Waals surface area contributed by atoms with E-state index < -0.39 is 11.5 Å². The van der Waals surface area contributed by atoms with Gasteiger partial charge in [0.1, 0.15) is 5.54 Å². The Balaban J connectivity index is 4.25. The summed E-state index contributed by atoms with van der Waals surface area (Å²) in [6.07, 6.45) is -0.185. The number of carbonyl (C=O) groups excluding carboxylic acids is 1. The second kappa shape index (κ2) is 3.53. The van der Waals surface area contributed by atoms with Gasteiger partial charge in [-0.15, -0.1) is 0 Å². The summed E-state index contributed by atoms with van der Waals surface area (Å²) in [4.78, 5) is 22.8. The van der Waals surface area contributed by atoms with Crippen LogP contribution in [0.2, 0.25) is 0 Å². The van der Waals surface area contributed by atoms with Gasteiger partial charge < -0.3 is 15.7 Å².